The van der Waals surface area contributed by atoms with Crippen molar-refractivity contribution < 1.29 is 14.0 Å². The molecular weight excluding hydrogens is 347 g/mol. The van der Waals surface area contributed by atoms with Crippen LogP contribution in [0.25, 0.3) is 0 Å². The predicted octanol–water partition coefficient (Wildman–Crippen LogP) is 2.22. The number of nitrogens with one attached hydrogen (secondary N) is 2. The minimum absolute atomic E-state index is 0.0460. The summed E-state index contributed by atoms with van der Waals surface area (Å²) in [4.78, 5) is 28.5. The van der Waals surface area contributed by atoms with Crippen LogP contribution in [0.3, 0.4) is 0 Å². The van der Waals surface area contributed by atoms with Crippen LogP contribution in [0.1, 0.15) is 42.5 Å². The van der Waals surface area contributed by atoms with Crippen LogP contribution in [0.2, 0.25) is 0 Å². The molecule has 0 bridgehead atoms. The maximum absolute atomic E-state index is 13.8. The van der Waals surface area contributed by atoms with E-state index >= 15 is 0 Å². The zero-order chi connectivity index (χ0) is 19.1. The van der Waals surface area contributed by atoms with Crippen molar-refractivity contribution in [3.63, 3.8) is 0 Å². The second kappa shape index (κ2) is 9.69. The molecule has 2 aliphatic heterocycles. The zero-order valence-corrected chi connectivity index (χ0v) is 15.8. The molecule has 1 aromatic rings. The number of halogens is 1. The summed E-state index contributed by atoms with van der Waals surface area (Å²) in [6.45, 7) is 4.83. The molecular formula is C20H29FN4O2. The van der Waals surface area contributed by atoms with E-state index in [-0.39, 0.29) is 23.5 Å². The Morgan fingerprint density at radius 3 is 2.44 bits per heavy atom. The largest absolute Gasteiger partial charge is 0.338 e. The molecule has 0 aromatic heterocycles. The second-order valence-corrected chi connectivity index (χ2v) is 7.35. The normalized spacial score (nSPS) is 18.9. The van der Waals surface area contributed by atoms with Crippen molar-refractivity contribution in [3.05, 3.63) is 35.6 Å². The lowest BCUT2D eigenvalue weighted by atomic mass is 10.0. The Labute approximate surface area is 160 Å². The van der Waals surface area contributed by atoms with Crippen LogP contribution < -0.4 is 10.6 Å². The molecule has 3 amide bonds. The zero-order valence-electron chi connectivity index (χ0n) is 15.8. The first-order valence-electron chi connectivity index (χ1n) is 9.94. The van der Waals surface area contributed by atoms with E-state index in [2.05, 4.69) is 15.5 Å². The third-order valence-electron chi connectivity index (χ3n) is 5.38. The number of hydrogen-bond donors (Lipinski definition) is 2. The fraction of sp³-hybridized carbons (Fsp3) is 0.600. The highest BCUT2D eigenvalue weighted by Crippen LogP contribution is 2.16. The number of rotatable bonds is 5. The highest BCUT2D eigenvalue weighted by molar-refractivity contribution is 5.94. The van der Waals surface area contributed by atoms with Crippen molar-refractivity contribution in [3.8, 4) is 0 Å². The molecule has 2 fully saturated rings. The Bertz CT molecular complexity index is 641. The van der Waals surface area contributed by atoms with Gasteiger partial charge in [0.1, 0.15) is 5.82 Å². The minimum atomic E-state index is -0.490. The van der Waals surface area contributed by atoms with Crippen LogP contribution in [0.4, 0.5) is 9.18 Å². The van der Waals surface area contributed by atoms with Gasteiger partial charge in [0.05, 0.1) is 5.56 Å². The molecule has 7 heteroatoms. The van der Waals surface area contributed by atoms with Gasteiger partial charge in [0.2, 0.25) is 0 Å². The molecule has 6 nitrogen and oxygen atoms in total. The number of amides is 3. The quantitative estimate of drug-likeness (QED) is 0.828. The van der Waals surface area contributed by atoms with Gasteiger partial charge >= 0.3 is 6.03 Å². The van der Waals surface area contributed by atoms with Crippen molar-refractivity contribution in [1.82, 2.24) is 20.4 Å². The Morgan fingerprint density at radius 1 is 1.04 bits per heavy atom. The Hall–Kier alpha value is -2.15. The monoisotopic (exact) mass is 376 g/mol. The van der Waals surface area contributed by atoms with Gasteiger partial charge in [-0.2, -0.15) is 0 Å². The number of carbonyl (C=O) groups is 2. The van der Waals surface area contributed by atoms with Crippen molar-refractivity contribution >= 4 is 11.9 Å². The number of nitrogens with zero attached hydrogens (tertiary/aromatic N) is 2. The van der Waals surface area contributed by atoms with Gasteiger partial charge in [-0.3, -0.25) is 4.79 Å². The Kier molecular flexibility index (Phi) is 7.04. The van der Waals surface area contributed by atoms with E-state index in [9.17, 15) is 14.0 Å². The van der Waals surface area contributed by atoms with E-state index in [1.807, 2.05) is 0 Å². The summed E-state index contributed by atoms with van der Waals surface area (Å²) >= 11 is 0. The lowest BCUT2D eigenvalue weighted by molar-refractivity contribution is 0.0703. The molecule has 0 atom stereocenters. The van der Waals surface area contributed by atoms with E-state index in [4.69, 9.17) is 0 Å². The van der Waals surface area contributed by atoms with Gasteiger partial charge in [0.15, 0.2) is 0 Å². The Balaban J connectivity index is 1.35. The molecule has 2 heterocycles. The maximum atomic E-state index is 13.8. The van der Waals surface area contributed by atoms with E-state index in [0.717, 1.165) is 19.6 Å². The second-order valence-electron chi connectivity index (χ2n) is 7.35. The summed E-state index contributed by atoms with van der Waals surface area (Å²) in [5, 5.41) is 5.91. The van der Waals surface area contributed by atoms with Crippen molar-refractivity contribution in [1.29, 1.82) is 0 Å². The van der Waals surface area contributed by atoms with Gasteiger partial charge in [-0.05, 0) is 50.9 Å². The van der Waals surface area contributed by atoms with Gasteiger partial charge in [-0.1, -0.05) is 18.6 Å². The van der Waals surface area contributed by atoms with Crippen molar-refractivity contribution in [2.24, 2.45) is 0 Å². The smallest absolute Gasteiger partial charge is 0.315 e. The summed E-state index contributed by atoms with van der Waals surface area (Å²) < 4.78 is 13.8. The van der Waals surface area contributed by atoms with E-state index in [0.29, 0.717) is 32.5 Å². The standard InChI is InChI=1S/C20H29FN4O2/c21-18-7-3-2-6-17(18)19(26)25-13-8-16(9-14-25)23-20(27)22-10-15-24-11-4-1-5-12-24/h2-3,6-7,16H,1,4-5,8-15H2,(H2,22,23,27). The number of likely N-dealkylation sites (tertiary alicyclic amines) is 2. The third kappa shape index (κ3) is 5.66. The molecule has 2 N–H and O–H groups in total. The number of piperidine rings is 2. The van der Waals surface area contributed by atoms with Crippen LogP contribution in [0.5, 0.6) is 0 Å². The SMILES string of the molecule is O=C(NCCN1CCCCC1)NC1CCN(C(=O)c2ccccc2F)CC1. The fourth-order valence-electron chi connectivity index (χ4n) is 3.78. The van der Waals surface area contributed by atoms with Crippen LogP contribution in [-0.4, -0.2) is 67.0 Å². The lowest BCUT2D eigenvalue weighted by Crippen LogP contribution is -2.50. The van der Waals surface area contributed by atoms with Gasteiger partial charge in [0.25, 0.3) is 5.91 Å². The molecule has 2 saturated heterocycles. The first-order valence-corrected chi connectivity index (χ1v) is 9.94. The molecule has 1 aromatic carbocycles. The Morgan fingerprint density at radius 2 is 1.74 bits per heavy atom. The number of carbonyl (C=O) groups excluding carboxylic acids is 2. The molecule has 0 aliphatic carbocycles. The molecule has 3 rings (SSSR count). The average Bonchev–Trinajstić information content (AvgIpc) is 2.69. The van der Waals surface area contributed by atoms with Crippen molar-refractivity contribution in [2.45, 2.75) is 38.1 Å². The highest BCUT2D eigenvalue weighted by Gasteiger charge is 2.25. The molecule has 0 unspecified atom stereocenters. The number of urea groups is 1. The summed E-state index contributed by atoms with van der Waals surface area (Å²) in [7, 11) is 0. The maximum Gasteiger partial charge on any atom is 0.315 e. The van der Waals surface area contributed by atoms with Gasteiger partial charge in [-0.15, -0.1) is 0 Å². The molecule has 0 saturated carbocycles. The van der Waals surface area contributed by atoms with Crippen LogP contribution >= 0.6 is 0 Å². The minimum Gasteiger partial charge on any atom is -0.338 e. The first kappa shape index (κ1) is 19.6. The van der Waals surface area contributed by atoms with E-state index in [1.165, 1.54) is 31.4 Å². The summed E-state index contributed by atoms with van der Waals surface area (Å²) in [5.74, 6) is -0.770. The first-order chi connectivity index (χ1) is 13.1. The molecule has 0 spiro atoms. The van der Waals surface area contributed by atoms with Gasteiger partial charge in [0, 0.05) is 32.2 Å². The summed E-state index contributed by atoms with van der Waals surface area (Å²) in [6, 6.07) is 5.95. The summed E-state index contributed by atoms with van der Waals surface area (Å²) in [6.07, 6.45) is 5.16. The topological polar surface area (TPSA) is 64.7 Å². The summed E-state index contributed by atoms with van der Waals surface area (Å²) in [5.41, 5.74) is 0.111. The van der Waals surface area contributed by atoms with Gasteiger partial charge in [-0.25, -0.2) is 9.18 Å². The lowest BCUT2D eigenvalue weighted by Gasteiger charge is -2.32. The van der Waals surface area contributed by atoms with Crippen LogP contribution in [0, 0.1) is 5.82 Å². The number of benzene rings is 1. The van der Waals surface area contributed by atoms with E-state index < -0.39 is 5.82 Å². The molecule has 0 radical (unpaired) electrons. The molecule has 27 heavy (non-hydrogen) atoms. The third-order valence-corrected chi connectivity index (χ3v) is 5.38. The van der Waals surface area contributed by atoms with Crippen molar-refractivity contribution in [2.75, 3.05) is 39.3 Å². The molecule has 148 valence electrons. The van der Waals surface area contributed by atoms with Crippen LogP contribution in [0.15, 0.2) is 24.3 Å². The van der Waals surface area contributed by atoms with Crippen LogP contribution in [-0.2, 0) is 0 Å². The molecule has 2 aliphatic rings. The average molecular weight is 376 g/mol. The highest BCUT2D eigenvalue weighted by atomic mass is 19.1. The predicted molar refractivity (Wildman–Crippen MR) is 102 cm³/mol. The van der Waals surface area contributed by atoms with E-state index in [1.54, 1.807) is 17.0 Å². The fourth-order valence-corrected chi connectivity index (χ4v) is 3.78. The number of hydrogen-bond acceptors (Lipinski definition) is 3. The van der Waals surface area contributed by atoms with Gasteiger partial charge < -0.3 is 20.4 Å².